The van der Waals surface area contributed by atoms with Gasteiger partial charge in [0.1, 0.15) is 30.2 Å². The molecule has 11 N–H and O–H groups in total. The van der Waals surface area contributed by atoms with Crippen LogP contribution in [0, 0.1) is 11.8 Å². The van der Waals surface area contributed by atoms with Crippen LogP contribution in [-0.4, -0.2) is 119 Å². The summed E-state index contributed by atoms with van der Waals surface area (Å²) in [6.07, 6.45) is 2.17. The standard InChI is InChI=1S/C39H64N8O10/c1-7-8-16-28(39(56)57)44-37(54)30(19-23(2)3)47(6)31(48)22-42-38(55)33(24(4)5)46-36(53)29(20-25-14-10-9-11-15-25)45-35(52)27(17-12-13-18-40)43-34(51)26(41)21-32(49)50/h9-11,14-15,23-24,26-30,33H,7-8,12-13,16-22,40-41H2,1-6H3,(H,42,55)(H,43,51)(H,44,54)(H,45,52)(H,46,53)(H,49,50)(H,56,57). The Morgan fingerprint density at radius 1 is 0.737 bits per heavy atom. The summed E-state index contributed by atoms with van der Waals surface area (Å²) in [5, 5.41) is 31.6. The molecule has 0 aliphatic carbocycles. The first kappa shape index (κ1) is 49.9. The molecule has 57 heavy (non-hydrogen) atoms. The largest absolute Gasteiger partial charge is 0.481 e. The van der Waals surface area contributed by atoms with E-state index >= 15 is 0 Å². The molecule has 6 atom stereocenters. The van der Waals surface area contributed by atoms with Gasteiger partial charge in [0, 0.05) is 13.5 Å². The zero-order chi connectivity index (χ0) is 43.2. The van der Waals surface area contributed by atoms with Gasteiger partial charge in [0.25, 0.3) is 0 Å². The highest BCUT2D eigenvalue weighted by Gasteiger charge is 2.34. The fourth-order valence-corrected chi connectivity index (χ4v) is 5.83. The molecule has 0 spiro atoms. The second-order valence-corrected chi connectivity index (χ2v) is 14.9. The minimum atomic E-state index is -1.43. The average molecular weight is 805 g/mol. The van der Waals surface area contributed by atoms with E-state index in [1.807, 2.05) is 20.8 Å². The molecule has 1 aromatic carbocycles. The molecule has 0 fully saturated rings. The minimum Gasteiger partial charge on any atom is -0.481 e. The molecule has 6 amide bonds. The van der Waals surface area contributed by atoms with Crippen LogP contribution in [0.4, 0.5) is 0 Å². The molecule has 320 valence electrons. The van der Waals surface area contributed by atoms with Crippen molar-refractivity contribution in [2.45, 2.75) is 129 Å². The highest BCUT2D eigenvalue weighted by molar-refractivity contribution is 5.96. The number of carbonyl (C=O) groups excluding carboxylic acids is 6. The Bertz CT molecular complexity index is 1490. The summed E-state index contributed by atoms with van der Waals surface area (Å²) in [6, 6.07) is 1.58. The Balaban J connectivity index is 3.22. The lowest BCUT2D eigenvalue weighted by Crippen LogP contribution is -2.59. The van der Waals surface area contributed by atoms with Crippen LogP contribution in [0.15, 0.2) is 30.3 Å². The number of benzene rings is 1. The number of hydrogen-bond donors (Lipinski definition) is 9. The van der Waals surface area contributed by atoms with Crippen molar-refractivity contribution >= 4 is 47.4 Å². The zero-order valence-electron chi connectivity index (χ0n) is 34.0. The number of amides is 6. The third-order valence-electron chi connectivity index (χ3n) is 9.21. The average Bonchev–Trinajstić information content (AvgIpc) is 3.14. The highest BCUT2D eigenvalue weighted by Crippen LogP contribution is 2.13. The van der Waals surface area contributed by atoms with E-state index in [4.69, 9.17) is 16.6 Å². The minimum absolute atomic E-state index is 0.00337. The Morgan fingerprint density at radius 2 is 1.32 bits per heavy atom. The van der Waals surface area contributed by atoms with Crippen molar-refractivity contribution in [1.82, 2.24) is 31.5 Å². The number of carboxylic acids is 2. The number of aliphatic carboxylic acids is 2. The maximum atomic E-state index is 13.9. The molecule has 1 rings (SSSR count). The molecule has 18 nitrogen and oxygen atoms in total. The number of carbonyl (C=O) groups is 8. The van der Waals surface area contributed by atoms with Crippen LogP contribution in [0.25, 0.3) is 0 Å². The van der Waals surface area contributed by atoms with Gasteiger partial charge in [-0.05, 0) is 56.0 Å². The van der Waals surface area contributed by atoms with Crippen LogP contribution in [0.1, 0.15) is 91.5 Å². The van der Waals surface area contributed by atoms with Crippen LogP contribution >= 0.6 is 0 Å². The van der Waals surface area contributed by atoms with Crippen molar-refractivity contribution in [2.75, 3.05) is 20.1 Å². The summed E-state index contributed by atoms with van der Waals surface area (Å²) in [6.45, 7) is 8.74. The lowest BCUT2D eigenvalue weighted by atomic mass is 10.00. The van der Waals surface area contributed by atoms with E-state index in [2.05, 4.69) is 26.6 Å². The lowest BCUT2D eigenvalue weighted by Gasteiger charge is -2.30. The first-order valence-electron chi connectivity index (χ1n) is 19.5. The van der Waals surface area contributed by atoms with E-state index in [1.165, 1.54) is 11.9 Å². The number of carboxylic acid groups (broad SMARTS) is 2. The van der Waals surface area contributed by atoms with Gasteiger partial charge in [-0.2, -0.15) is 0 Å². The van der Waals surface area contributed by atoms with Crippen LogP contribution < -0.4 is 38.1 Å². The number of nitrogens with one attached hydrogen (secondary N) is 5. The van der Waals surface area contributed by atoms with E-state index < -0.39 is 103 Å². The van der Waals surface area contributed by atoms with Gasteiger partial charge >= 0.3 is 11.9 Å². The summed E-state index contributed by atoms with van der Waals surface area (Å²) in [7, 11) is 1.40. The maximum absolute atomic E-state index is 13.9. The smallest absolute Gasteiger partial charge is 0.326 e. The summed E-state index contributed by atoms with van der Waals surface area (Å²) in [4.78, 5) is 104. The predicted molar refractivity (Wildman–Crippen MR) is 212 cm³/mol. The van der Waals surface area contributed by atoms with Gasteiger partial charge in [0.15, 0.2) is 0 Å². The van der Waals surface area contributed by atoms with Gasteiger partial charge in [-0.1, -0.05) is 77.8 Å². The number of rotatable bonds is 27. The highest BCUT2D eigenvalue weighted by atomic mass is 16.4. The molecule has 18 heteroatoms. The van der Waals surface area contributed by atoms with E-state index in [-0.39, 0.29) is 31.6 Å². The normalized spacial score (nSPS) is 14.3. The fourth-order valence-electron chi connectivity index (χ4n) is 5.83. The Kier molecular flexibility index (Phi) is 22.7. The molecule has 6 unspecified atom stereocenters. The van der Waals surface area contributed by atoms with Crippen molar-refractivity contribution in [1.29, 1.82) is 0 Å². The molecule has 0 saturated heterocycles. The molecule has 0 radical (unpaired) electrons. The zero-order valence-corrected chi connectivity index (χ0v) is 34.0. The number of likely N-dealkylation sites (N-methyl/N-ethyl adjacent to an activating group) is 1. The van der Waals surface area contributed by atoms with Gasteiger partial charge in [-0.25, -0.2) is 4.79 Å². The van der Waals surface area contributed by atoms with Crippen molar-refractivity contribution in [3.8, 4) is 0 Å². The number of unbranched alkanes of at least 4 members (excludes halogenated alkanes) is 2. The monoisotopic (exact) mass is 804 g/mol. The maximum Gasteiger partial charge on any atom is 0.326 e. The Morgan fingerprint density at radius 3 is 1.86 bits per heavy atom. The van der Waals surface area contributed by atoms with E-state index in [9.17, 15) is 43.5 Å². The van der Waals surface area contributed by atoms with Gasteiger partial charge in [0.05, 0.1) is 19.0 Å². The Labute approximate surface area is 335 Å². The first-order chi connectivity index (χ1) is 26.8. The molecule has 0 heterocycles. The molecule has 0 bridgehead atoms. The number of nitrogens with two attached hydrogens (primary N) is 2. The Hall–Kier alpha value is -5.10. The van der Waals surface area contributed by atoms with Gasteiger partial charge in [-0.3, -0.25) is 33.6 Å². The number of hydrogen-bond acceptors (Lipinski definition) is 10. The topological polar surface area (TPSA) is 292 Å². The molecule has 1 aromatic rings. The predicted octanol–water partition coefficient (Wildman–Crippen LogP) is 0.0194. The summed E-state index contributed by atoms with van der Waals surface area (Å²) in [5.74, 6) is -7.31. The first-order valence-corrected chi connectivity index (χ1v) is 19.5. The lowest BCUT2D eigenvalue weighted by molar-refractivity contribution is -0.144. The molecule has 0 saturated carbocycles. The summed E-state index contributed by atoms with van der Waals surface area (Å²) in [5.41, 5.74) is 12.0. The summed E-state index contributed by atoms with van der Waals surface area (Å²) < 4.78 is 0. The molecule has 0 aliphatic rings. The van der Waals surface area contributed by atoms with Gasteiger partial charge in [0.2, 0.25) is 35.4 Å². The third-order valence-corrected chi connectivity index (χ3v) is 9.21. The van der Waals surface area contributed by atoms with Crippen LogP contribution in [0.5, 0.6) is 0 Å². The van der Waals surface area contributed by atoms with E-state index in [1.54, 1.807) is 44.2 Å². The quantitative estimate of drug-likeness (QED) is 0.0532. The van der Waals surface area contributed by atoms with Crippen LogP contribution in [-0.2, 0) is 44.8 Å². The van der Waals surface area contributed by atoms with Crippen molar-refractivity contribution in [2.24, 2.45) is 23.3 Å². The molecule has 0 aromatic heterocycles. The van der Waals surface area contributed by atoms with E-state index in [0.717, 1.165) is 6.42 Å². The van der Waals surface area contributed by atoms with Crippen molar-refractivity contribution in [3.05, 3.63) is 35.9 Å². The van der Waals surface area contributed by atoms with Gasteiger partial charge in [-0.15, -0.1) is 0 Å². The number of nitrogens with zero attached hydrogens (tertiary/aromatic N) is 1. The van der Waals surface area contributed by atoms with Crippen molar-refractivity contribution < 1.29 is 48.6 Å². The second-order valence-electron chi connectivity index (χ2n) is 14.9. The van der Waals surface area contributed by atoms with Gasteiger partial charge < -0.3 is 53.2 Å². The second kappa shape index (κ2) is 25.9. The fraction of sp³-hybridized carbons (Fsp3) is 0.641. The van der Waals surface area contributed by atoms with Crippen LogP contribution in [0.3, 0.4) is 0 Å². The molecular weight excluding hydrogens is 740 g/mol. The third kappa shape index (κ3) is 18.6. The van der Waals surface area contributed by atoms with E-state index in [0.29, 0.717) is 31.4 Å². The van der Waals surface area contributed by atoms with Crippen LogP contribution in [0.2, 0.25) is 0 Å². The molecular formula is C39H64N8O10. The molecule has 0 aliphatic heterocycles. The SMILES string of the molecule is CCCCC(NC(=O)C(CC(C)C)N(C)C(=O)CNC(=O)C(NC(=O)C(Cc1ccccc1)NC(=O)C(CCCCN)NC(=O)C(N)CC(=O)O)C(C)C)C(=O)O. The summed E-state index contributed by atoms with van der Waals surface area (Å²) >= 11 is 0. The van der Waals surface area contributed by atoms with Crippen molar-refractivity contribution in [3.63, 3.8) is 0 Å².